The molecule has 0 bridgehead atoms. The van der Waals surface area contributed by atoms with Crippen LogP contribution in [-0.4, -0.2) is 12.9 Å². The van der Waals surface area contributed by atoms with E-state index in [1.807, 2.05) is 24.3 Å². The minimum atomic E-state index is 0.283. The minimum Gasteiger partial charge on any atom is -0.493 e. The summed E-state index contributed by atoms with van der Waals surface area (Å²) in [7, 11) is 1.62. The molecule has 3 nitrogen and oxygen atoms in total. The summed E-state index contributed by atoms with van der Waals surface area (Å²) < 4.78 is 10.9. The van der Waals surface area contributed by atoms with Crippen molar-refractivity contribution < 1.29 is 13.9 Å². The first kappa shape index (κ1) is 10.4. The Balaban J connectivity index is 1.92. The lowest BCUT2D eigenvalue weighted by Gasteiger charge is -1.98. The first-order valence-electron chi connectivity index (χ1n) is 5.86. The number of hydrogen-bond donors (Lipinski definition) is 0. The molecule has 0 unspecified atom stereocenters. The predicted molar refractivity (Wildman–Crippen MR) is 64.2 cm³/mol. The number of benzene rings is 1. The summed E-state index contributed by atoms with van der Waals surface area (Å²) in [6.45, 7) is 0. The third-order valence-electron chi connectivity index (χ3n) is 3.16. The molecule has 0 saturated heterocycles. The van der Waals surface area contributed by atoms with Crippen molar-refractivity contribution in [3.05, 3.63) is 30.0 Å². The normalized spacial score (nSPS) is 15.1. The standard InChI is InChI=1S/C14H14O3/c1-16-13-4-2-3-10-7-11(17-14(10)13)8-12(15)9-5-6-9/h2-4,7,9H,5-6,8H2,1H3. The lowest BCUT2D eigenvalue weighted by molar-refractivity contribution is -0.119. The van der Waals surface area contributed by atoms with Gasteiger partial charge in [-0.1, -0.05) is 12.1 Å². The van der Waals surface area contributed by atoms with Gasteiger partial charge < -0.3 is 9.15 Å². The molecular formula is C14H14O3. The Morgan fingerprint density at radius 1 is 1.47 bits per heavy atom. The number of carbonyl (C=O) groups is 1. The van der Waals surface area contributed by atoms with Crippen molar-refractivity contribution in [3.8, 4) is 5.75 Å². The number of Topliss-reactive ketones (excluding diaryl/α,β-unsaturated/α-hetero) is 1. The summed E-state index contributed by atoms with van der Waals surface area (Å²) in [5.41, 5.74) is 0.730. The highest BCUT2D eigenvalue weighted by Gasteiger charge is 2.29. The molecule has 1 aromatic heterocycles. The predicted octanol–water partition coefficient (Wildman–Crippen LogP) is 2.96. The summed E-state index contributed by atoms with van der Waals surface area (Å²) in [6, 6.07) is 7.67. The van der Waals surface area contributed by atoms with E-state index in [9.17, 15) is 4.79 Å². The molecule has 0 radical (unpaired) electrons. The van der Waals surface area contributed by atoms with Crippen LogP contribution in [-0.2, 0) is 11.2 Å². The van der Waals surface area contributed by atoms with Gasteiger partial charge in [-0.3, -0.25) is 4.79 Å². The fraction of sp³-hybridized carbons (Fsp3) is 0.357. The fourth-order valence-corrected chi connectivity index (χ4v) is 2.06. The molecule has 2 aromatic rings. The van der Waals surface area contributed by atoms with Crippen LogP contribution >= 0.6 is 0 Å². The first-order valence-corrected chi connectivity index (χ1v) is 5.86. The number of methoxy groups -OCH3 is 1. The number of ketones is 1. The van der Waals surface area contributed by atoms with E-state index >= 15 is 0 Å². The number of ether oxygens (including phenoxy) is 1. The Hall–Kier alpha value is -1.77. The zero-order valence-electron chi connectivity index (χ0n) is 9.73. The molecule has 0 spiro atoms. The van der Waals surface area contributed by atoms with Crippen molar-refractivity contribution in [1.82, 2.24) is 0 Å². The molecule has 1 saturated carbocycles. The van der Waals surface area contributed by atoms with E-state index in [-0.39, 0.29) is 5.92 Å². The molecule has 3 rings (SSSR count). The highest BCUT2D eigenvalue weighted by atomic mass is 16.5. The minimum absolute atomic E-state index is 0.283. The van der Waals surface area contributed by atoms with Gasteiger partial charge in [0.15, 0.2) is 11.3 Å². The smallest absolute Gasteiger partial charge is 0.176 e. The molecule has 0 aliphatic heterocycles. The maximum absolute atomic E-state index is 11.7. The Morgan fingerprint density at radius 3 is 3.00 bits per heavy atom. The van der Waals surface area contributed by atoms with E-state index in [4.69, 9.17) is 9.15 Å². The third-order valence-corrected chi connectivity index (χ3v) is 3.16. The Bertz CT molecular complexity index is 564. The number of carbonyl (C=O) groups excluding carboxylic acids is 1. The van der Waals surface area contributed by atoms with Crippen LogP contribution in [0.25, 0.3) is 11.0 Å². The van der Waals surface area contributed by atoms with E-state index < -0.39 is 0 Å². The van der Waals surface area contributed by atoms with Crippen LogP contribution in [0.3, 0.4) is 0 Å². The van der Waals surface area contributed by atoms with E-state index in [1.165, 1.54) is 0 Å². The SMILES string of the molecule is COc1cccc2cc(CC(=O)C3CC3)oc12. The molecule has 0 atom stereocenters. The van der Waals surface area contributed by atoms with E-state index in [2.05, 4.69) is 0 Å². The largest absolute Gasteiger partial charge is 0.493 e. The maximum atomic E-state index is 11.7. The van der Waals surface area contributed by atoms with Gasteiger partial charge in [-0.2, -0.15) is 0 Å². The summed E-state index contributed by atoms with van der Waals surface area (Å²) in [6.07, 6.45) is 2.49. The fourth-order valence-electron chi connectivity index (χ4n) is 2.06. The molecule has 1 aliphatic rings. The number of rotatable bonds is 4. The van der Waals surface area contributed by atoms with Gasteiger partial charge in [-0.25, -0.2) is 0 Å². The molecular weight excluding hydrogens is 216 g/mol. The van der Waals surface area contributed by atoms with Crippen molar-refractivity contribution in [3.63, 3.8) is 0 Å². The van der Waals surface area contributed by atoms with Gasteiger partial charge >= 0.3 is 0 Å². The van der Waals surface area contributed by atoms with Crippen LogP contribution in [0, 0.1) is 5.92 Å². The van der Waals surface area contributed by atoms with Gasteiger partial charge in [0.05, 0.1) is 13.5 Å². The molecule has 0 amide bonds. The quantitative estimate of drug-likeness (QED) is 0.810. The van der Waals surface area contributed by atoms with Gasteiger partial charge in [0, 0.05) is 11.3 Å². The van der Waals surface area contributed by atoms with E-state index in [0.29, 0.717) is 18.0 Å². The molecule has 1 heterocycles. The van der Waals surface area contributed by atoms with Crippen molar-refractivity contribution in [2.45, 2.75) is 19.3 Å². The molecule has 0 N–H and O–H groups in total. The Kier molecular flexibility index (Phi) is 2.39. The molecule has 88 valence electrons. The van der Waals surface area contributed by atoms with Crippen molar-refractivity contribution in [2.24, 2.45) is 5.92 Å². The van der Waals surface area contributed by atoms with Crippen LogP contribution in [0.15, 0.2) is 28.7 Å². The van der Waals surface area contributed by atoms with Crippen LogP contribution in [0.4, 0.5) is 0 Å². The molecule has 3 heteroatoms. The number of furan rings is 1. The zero-order valence-corrected chi connectivity index (χ0v) is 9.73. The second-order valence-electron chi connectivity index (χ2n) is 4.51. The molecule has 17 heavy (non-hydrogen) atoms. The Morgan fingerprint density at radius 2 is 2.29 bits per heavy atom. The lowest BCUT2D eigenvalue weighted by atomic mass is 10.1. The molecule has 1 aliphatic carbocycles. The van der Waals surface area contributed by atoms with Gasteiger partial charge in [-0.15, -0.1) is 0 Å². The van der Waals surface area contributed by atoms with Crippen molar-refractivity contribution >= 4 is 16.8 Å². The zero-order chi connectivity index (χ0) is 11.8. The summed E-state index contributed by atoms with van der Waals surface area (Å²) >= 11 is 0. The van der Waals surface area contributed by atoms with Crippen LogP contribution < -0.4 is 4.74 Å². The average Bonchev–Trinajstić information content (AvgIpc) is 3.09. The Labute approximate surface area is 99.4 Å². The second kappa shape index (κ2) is 3.91. The average molecular weight is 230 g/mol. The topological polar surface area (TPSA) is 39.4 Å². The van der Waals surface area contributed by atoms with E-state index in [1.54, 1.807) is 7.11 Å². The van der Waals surface area contributed by atoms with Crippen LogP contribution in [0.5, 0.6) is 5.75 Å². The lowest BCUT2D eigenvalue weighted by Crippen LogP contribution is -2.03. The van der Waals surface area contributed by atoms with Gasteiger partial charge in [0.1, 0.15) is 11.5 Å². The highest BCUT2D eigenvalue weighted by molar-refractivity contribution is 5.88. The number of para-hydroxylation sites is 1. The van der Waals surface area contributed by atoms with Gasteiger partial charge in [-0.05, 0) is 25.0 Å². The monoisotopic (exact) mass is 230 g/mol. The highest BCUT2D eigenvalue weighted by Crippen LogP contribution is 2.33. The maximum Gasteiger partial charge on any atom is 0.176 e. The second-order valence-corrected chi connectivity index (χ2v) is 4.51. The van der Waals surface area contributed by atoms with E-state index in [0.717, 1.165) is 29.6 Å². The molecule has 1 fully saturated rings. The summed E-state index contributed by atoms with van der Waals surface area (Å²) in [4.78, 5) is 11.7. The summed E-state index contributed by atoms with van der Waals surface area (Å²) in [5, 5.41) is 0.989. The van der Waals surface area contributed by atoms with Crippen molar-refractivity contribution in [2.75, 3.05) is 7.11 Å². The van der Waals surface area contributed by atoms with Crippen LogP contribution in [0.2, 0.25) is 0 Å². The van der Waals surface area contributed by atoms with Crippen LogP contribution in [0.1, 0.15) is 18.6 Å². The molecule has 1 aromatic carbocycles. The number of hydrogen-bond acceptors (Lipinski definition) is 3. The third kappa shape index (κ3) is 1.93. The van der Waals surface area contributed by atoms with Crippen molar-refractivity contribution in [1.29, 1.82) is 0 Å². The summed E-state index contributed by atoms with van der Waals surface area (Å²) in [5.74, 6) is 2.03. The first-order chi connectivity index (χ1) is 8.28. The van der Waals surface area contributed by atoms with Gasteiger partial charge in [0.25, 0.3) is 0 Å². The van der Waals surface area contributed by atoms with Gasteiger partial charge in [0.2, 0.25) is 0 Å². The number of fused-ring (bicyclic) bond motifs is 1.